The van der Waals surface area contributed by atoms with Crippen molar-refractivity contribution in [2.24, 2.45) is 0 Å². The third-order valence-electron chi connectivity index (χ3n) is 8.34. The van der Waals surface area contributed by atoms with Gasteiger partial charge in [-0.2, -0.15) is 0 Å². The molecule has 0 aromatic heterocycles. The highest BCUT2D eigenvalue weighted by atomic mass is 16.7. The fraction of sp³-hybridized carbons (Fsp3) is 0.838. The summed E-state index contributed by atoms with van der Waals surface area (Å²) in [4.78, 5) is 24.9. The molecule has 0 aliphatic carbocycles. The molecule has 47 heavy (non-hydrogen) atoms. The average molecular weight is 671 g/mol. The summed E-state index contributed by atoms with van der Waals surface area (Å²) in [6.45, 7) is 3.27. The minimum absolute atomic E-state index is 0.220. The molecule has 0 bridgehead atoms. The third-order valence-corrected chi connectivity index (χ3v) is 8.34. The van der Waals surface area contributed by atoms with Crippen molar-refractivity contribution in [2.75, 3.05) is 19.8 Å². The van der Waals surface area contributed by atoms with E-state index in [-0.39, 0.29) is 26.1 Å². The van der Waals surface area contributed by atoms with Gasteiger partial charge in [-0.3, -0.25) is 9.59 Å². The second-order valence-electron chi connectivity index (χ2n) is 12.7. The lowest BCUT2D eigenvalue weighted by atomic mass is 9.99. The number of carbonyl (C=O) groups is 2. The summed E-state index contributed by atoms with van der Waals surface area (Å²) in [5, 5.41) is 39.7. The third kappa shape index (κ3) is 21.7. The second-order valence-corrected chi connectivity index (χ2v) is 12.7. The molecule has 0 spiro atoms. The van der Waals surface area contributed by atoms with Gasteiger partial charge in [0, 0.05) is 12.8 Å². The molecule has 6 atom stereocenters. The van der Waals surface area contributed by atoms with Crippen LogP contribution < -0.4 is 0 Å². The van der Waals surface area contributed by atoms with Crippen LogP contribution >= 0.6 is 0 Å². The Morgan fingerprint density at radius 3 is 1.81 bits per heavy atom. The fourth-order valence-corrected chi connectivity index (χ4v) is 5.33. The number of aliphatic hydroxyl groups excluding tert-OH is 4. The second kappa shape index (κ2) is 29.1. The summed E-state index contributed by atoms with van der Waals surface area (Å²) < 4.78 is 21.9. The topological polar surface area (TPSA) is 152 Å². The molecular weight excluding hydrogens is 604 g/mol. The van der Waals surface area contributed by atoms with E-state index < -0.39 is 55.4 Å². The van der Waals surface area contributed by atoms with Gasteiger partial charge in [0.15, 0.2) is 12.4 Å². The van der Waals surface area contributed by atoms with Crippen LogP contribution in [0.5, 0.6) is 0 Å². The van der Waals surface area contributed by atoms with Gasteiger partial charge in [0.25, 0.3) is 0 Å². The largest absolute Gasteiger partial charge is 0.462 e. The first kappa shape index (κ1) is 43.2. The Morgan fingerprint density at radius 2 is 1.19 bits per heavy atom. The lowest BCUT2D eigenvalue weighted by Gasteiger charge is -2.39. The van der Waals surface area contributed by atoms with Crippen LogP contribution in [0, 0.1) is 0 Å². The maximum atomic E-state index is 12.6. The van der Waals surface area contributed by atoms with Gasteiger partial charge >= 0.3 is 11.9 Å². The van der Waals surface area contributed by atoms with Gasteiger partial charge < -0.3 is 39.4 Å². The molecule has 6 unspecified atom stereocenters. The first-order valence-electron chi connectivity index (χ1n) is 18.4. The van der Waals surface area contributed by atoms with Crippen LogP contribution in [0.15, 0.2) is 24.3 Å². The Labute approximate surface area is 283 Å². The van der Waals surface area contributed by atoms with Crippen LogP contribution in [0.2, 0.25) is 0 Å². The van der Waals surface area contributed by atoms with Crippen LogP contribution in [-0.4, -0.2) is 89.0 Å². The van der Waals surface area contributed by atoms with E-state index in [2.05, 4.69) is 38.2 Å². The minimum atomic E-state index is -1.59. The summed E-state index contributed by atoms with van der Waals surface area (Å²) >= 11 is 0. The van der Waals surface area contributed by atoms with E-state index in [0.29, 0.717) is 6.42 Å². The number of unbranched alkanes of at least 4 members (excludes halogenated alkanes) is 14. The highest BCUT2D eigenvalue weighted by Gasteiger charge is 2.44. The van der Waals surface area contributed by atoms with Crippen LogP contribution in [0.4, 0.5) is 0 Å². The Bertz CT molecular complexity index is 830. The number of aliphatic hydroxyl groups is 4. The molecule has 10 nitrogen and oxygen atoms in total. The molecule has 0 radical (unpaired) electrons. The summed E-state index contributed by atoms with van der Waals surface area (Å²) in [6, 6.07) is 0. The molecule has 274 valence electrons. The fourth-order valence-electron chi connectivity index (χ4n) is 5.33. The molecule has 1 aliphatic heterocycles. The summed E-state index contributed by atoms with van der Waals surface area (Å²) in [7, 11) is 0. The lowest BCUT2D eigenvalue weighted by molar-refractivity contribution is -0.305. The molecule has 0 aromatic rings. The normalized spacial score (nSPS) is 22.2. The minimum Gasteiger partial charge on any atom is -0.462 e. The molecule has 4 N–H and O–H groups in total. The van der Waals surface area contributed by atoms with Crippen molar-refractivity contribution < 1.29 is 49.0 Å². The number of hydrogen-bond acceptors (Lipinski definition) is 10. The molecular formula is C37H66O10. The van der Waals surface area contributed by atoms with Crippen molar-refractivity contribution in [1.29, 1.82) is 0 Å². The SMILES string of the molecule is CCCCC/C=C\C/C=C\CCCCCCCCCC(=O)OC(COC(=O)CCCCCCC)COC1OC(CO)C(O)C(O)C1O. The molecule has 0 aromatic carbocycles. The van der Waals surface area contributed by atoms with Crippen molar-refractivity contribution >= 4 is 11.9 Å². The highest BCUT2D eigenvalue weighted by molar-refractivity contribution is 5.70. The predicted octanol–water partition coefficient (Wildman–Crippen LogP) is 6.21. The molecule has 0 saturated carbocycles. The van der Waals surface area contributed by atoms with Crippen LogP contribution in [0.3, 0.4) is 0 Å². The highest BCUT2D eigenvalue weighted by Crippen LogP contribution is 2.22. The maximum Gasteiger partial charge on any atom is 0.306 e. The van der Waals surface area contributed by atoms with Gasteiger partial charge in [-0.05, 0) is 44.9 Å². The predicted molar refractivity (Wildman–Crippen MR) is 183 cm³/mol. The van der Waals surface area contributed by atoms with Crippen molar-refractivity contribution in [3.8, 4) is 0 Å². The Kier molecular flexibility index (Phi) is 26.8. The molecule has 1 saturated heterocycles. The quantitative estimate of drug-likeness (QED) is 0.0411. The first-order valence-corrected chi connectivity index (χ1v) is 18.4. The van der Waals surface area contributed by atoms with Crippen molar-refractivity contribution in [1.82, 2.24) is 0 Å². The van der Waals surface area contributed by atoms with Gasteiger partial charge in [0.1, 0.15) is 31.0 Å². The van der Waals surface area contributed by atoms with Crippen LogP contribution in [-0.2, 0) is 28.5 Å². The van der Waals surface area contributed by atoms with Crippen molar-refractivity contribution in [3.63, 3.8) is 0 Å². The zero-order chi connectivity index (χ0) is 34.5. The van der Waals surface area contributed by atoms with Gasteiger partial charge in [-0.15, -0.1) is 0 Å². The number of allylic oxidation sites excluding steroid dienone is 4. The number of rotatable bonds is 29. The standard InChI is InChI=1S/C37H66O10/c1-3-5-7-9-10-11-12-13-14-15-16-17-18-19-20-22-24-26-33(40)46-30(28-44-32(39)25-23-21-8-6-4-2)29-45-37-36(43)35(42)34(41)31(27-38)47-37/h10-11,13-14,30-31,34-38,41-43H,3-9,12,15-29H2,1-2H3/b11-10-,14-13-. The number of hydrogen-bond donors (Lipinski definition) is 4. The van der Waals surface area contributed by atoms with Gasteiger partial charge in [-0.25, -0.2) is 0 Å². The Hall–Kier alpha value is -1.82. The van der Waals surface area contributed by atoms with Crippen LogP contribution in [0.1, 0.15) is 142 Å². The Balaban J connectivity index is 2.34. The monoisotopic (exact) mass is 670 g/mol. The van der Waals surface area contributed by atoms with Crippen LogP contribution in [0.25, 0.3) is 0 Å². The summed E-state index contributed by atoms with van der Waals surface area (Å²) in [5.41, 5.74) is 0. The molecule has 1 aliphatic rings. The molecule has 1 fully saturated rings. The van der Waals surface area contributed by atoms with E-state index in [0.717, 1.165) is 64.2 Å². The average Bonchev–Trinajstić information content (AvgIpc) is 3.06. The van der Waals surface area contributed by atoms with Crippen molar-refractivity contribution in [2.45, 2.75) is 179 Å². The molecule has 1 heterocycles. The Morgan fingerprint density at radius 1 is 0.660 bits per heavy atom. The van der Waals surface area contributed by atoms with E-state index in [4.69, 9.17) is 18.9 Å². The van der Waals surface area contributed by atoms with Crippen molar-refractivity contribution in [3.05, 3.63) is 24.3 Å². The van der Waals surface area contributed by atoms with E-state index in [1.54, 1.807) is 0 Å². The zero-order valence-electron chi connectivity index (χ0n) is 29.3. The van der Waals surface area contributed by atoms with E-state index in [9.17, 15) is 30.0 Å². The van der Waals surface area contributed by atoms with E-state index in [1.807, 2.05) is 0 Å². The molecule has 0 amide bonds. The summed E-state index contributed by atoms with van der Waals surface area (Å²) in [5.74, 6) is -0.831. The maximum absolute atomic E-state index is 12.6. The number of carbonyl (C=O) groups excluding carboxylic acids is 2. The summed E-state index contributed by atoms with van der Waals surface area (Å²) in [6.07, 6.45) is 20.9. The van der Waals surface area contributed by atoms with Gasteiger partial charge in [0.05, 0.1) is 13.2 Å². The van der Waals surface area contributed by atoms with Gasteiger partial charge in [0.2, 0.25) is 0 Å². The smallest absolute Gasteiger partial charge is 0.306 e. The van der Waals surface area contributed by atoms with E-state index in [1.165, 1.54) is 44.9 Å². The van der Waals surface area contributed by atoms with E-state index >= 15 is 0 Å². The zero-order valence-corrected chi connectivity index (χ0v) is 29.3. The van der Waals surface area contributed by atoms with Gasteiger partial charge in [-0.1, -0.05) is 109 Å². The number of esters is 2. The lowest BCUT2D eigenvalue weighted by Crippen LogP contribution is -2.59. The number of ether oxygens (including phenoxy) is 4. The molecule has 10 heteroatoms. The molecule has 1 rings (SSSR count). The first-order chi connectivity index (χ1) is 22.8.